The van der Waals surface area contributed by atoms with Crippen LogP contribution in [0.25, 0.3) is 10.2 Å². The molecule has 1 unspecified atom stereocenters. The molecule has 1 N–H and O–H groups in total. The number of esters is 1. The number of anilines is 1. The Balaban J connectivity index is 1.55. The van der Waals surface area contributed by atoms with Gasteiger partial charge in [-0.25, -0.2) is 9.78 Å². The van der Waals surface area contributed by atoms with Gasteiger partial charge >= 0.3 is 5.97 Å². The Morgan fingerprint density at radius 1 is 1.28 bits per heavy atom. The van der Waals surface area contributed by atoms with Gasteiger partial charge < -0.3 is 9.64 Å². The summed E-state index contributed by atoms with van der Waals surface area (Å²) in [5, 5.41) is 3.37. The van der Waals surface area contributed by atoms with Crippen molar-refractivity contribution in [3.8, 4) is 0 Å². The van der Waals surface area contributed by atoms with Gasteiger partial charge in [0.2, 0.25) is 11.8 Å². The van der Waals surface area contributed by atoms with Gasteiger partial charge in [-0.3, -0.25) is 14.9 Å². The summed E-state index contributed by atoms with van der Waals surface area (Å²) in [5.74, 6) is -0.690. The Morgan fingerprint density at radius 3 is 2.83 bits per heavy atom. The van der Waals surface area contributed by atoms with Crippen LogP contribution in [-0.2, 0) is 14.3 Å². The van der Waals surface area contributed by atoms with E-state index >= 15 is 0 Å². The molecule has 0 aliphatic carbocycles. The fourth-order valence-electron chi connectivity index (χ4n) is 3.96. The fraction of sp³-hybridized carbons (Fsp3) is 0.524. The average Bonchev–Trinajstić information content (AvgIpc) is 3.20. The smallest absolute Gasteiger partial charge is 0.338 e. The van der Waals surface area contributed by atoms with Crippen LogP contribution in [0.2, 0.25) is 0 Å². The first-order chi connectivity index (χ1) is 13.7. The molecule has 154 valence electrons. The van der Waals surface area contributed by atoms with Crippen molar-refractivity contribution in [2.24, 2.45) is 5.41 Å². The highest BCUT2D eigenvalue weighted by atomic mass is 32.1. The lowest BCUT2D eigenvalue weighted by molar-refractivity contribution is -0.134. The monoisotopic (exact) mass is 415 g/mol. The predicted molar refractivity (Wildman–Crippen MR) is 111 cm³/mol. The van der Waals surface area contributed by atoms with E-state index in [1.807, 2.05) is 32.9 Å². The quantitative estimate of drug-likeness (QED) is 0.598. The number of ether oxygens (including phenoxy) is 1. The zero-order valence-electron chi connectivity index (χ0n) is 16.9. The highest BCUT2D eigenvalue weighted by Gasteiger charge is 2.46. The van der Waals surface area contributed by atoms with Gasteiger partial charge in [-0.05, 0) is 58.2 Å². The van der Waals surface area contributed by atoms with Gasteiger partial charge in [0, 0.05) is 19.5 Å². The summed E-state index contributed by atoms with van der Waals surface area (Å²) in [6.45, 7) is 6.81. The van der Waals surface area contributed by atoms with Crippen LogP contribution in [0, 0.1) is 5.41 Å². The number of amides is 2. The number of nitrogens with one attached hydrogen (secondary N) is 1. The second-order valence-electron chi connectivity index (χ2n) is 8.86. The topological polar surface area (TPSA) is 88.6 Å². The second kappa shape index (κ2) is 7.09. The first-order valence-electron chi connectivity index (χ1n) is 9.88. The minimum atomic E-state index is -0.546. The third kappa shape index (κ3) is 3.99. The molecule has 2 amide bonds. The molecule has 2 aromatic rings. The number of thiazole rings is 1. The number of imide groups is 1. The molecular weight excluding hydrogens is 390 g/mol. The number of benzene rings is 1. The lowest BCUT2D eigenvalue weighted by Crippen LogP contribution is -2.43. The summed E-state index contributed by atoms with van der Waals surface area (Å²) in [4.78, 5) is 43.5. The van der Waals surface area contributed by atoms with Crippen LogP contribution in [0.5, 0.6) is 0 Å². The van der Waals surface area contributed by atoms with Crippen LogP contribution in [0.1, 0.15) is 56.8 Å². The van der Waals surface area contributed by atoms with E-state index in [0.29, 0.717) is 24.9 Å². The molecule has 2 fully saturated rings. The van der Waals surface area contributed by atoms with E-state index in [1.165, 1.54) is 11.3 Å². The lowest BCUT2D eigenvalue weighted by atomic mass is 9.82. The van der Waals surface area contributed by atoms with Crippen molar-refractivity contribution in [2.45, 2.75) is 52.1 Å². The van der Waals surface area contributed by atoms with Crippen LogP contribution in [0.3, 0.4) is 0 Å². The standard InChI is InChI=1S/C21H25N3O4S/c1-20(2,3)28-17(26)13-6-7-14-15(11-13)29-19(22-14)24-10-9-21(12-24)8-4-5-16(25)23-18(21)27/h6-7,11H,4-5,8-10,12H2,1-3H3,(H,23,25,27). The second-order valence-corrected chi connectivity index (χ2v) is 9.87. The van der Waals surface area contributed by atoms with Crippen molar-refractivity contribution in [1.82, 2.24) is 10.3 Å². The minimum Gasteiger partial charge on any atom is -0.456 e. The molecule has 0 saturated carbocycles. The van der Waals surface area contributed by atoms with Crippen LogP contribution < -0.4 is 10.2 Å². The van der Waals surface area contributed by atoms with Gasteiger partial charge in [0.15, 0.2) is 5.13 Å². The molecule has 8 heteroatoms. The summed E-state index contributed by atoms with van der Waals surface area (Å²) in [5.41, 5.74) is 0.252. The Kier molecular flexibility index (Phi) is 4.85. The predicted octanol–water partition coefficient (Wildman–Crippen LogP) is 3.27. The molecule has 7 nitrogen and oxygen atoms in total. The van der Waals surface area contributed by atoms with Gasteiger partial charge in [-0.2, -0.15) is 0 Å². The Morgan fingerprint density at radius 2 is 2.07 bits per heavy atom. The molecule has 1 aromatic carbocycles. The van der Waals surface area contributed by atoms with Crippen LogP contribution in [0.15, 0.2) is 18.2 Å². The summed E-state index contributed by atoms with van der Waals surface area (Å²) in [6, 6.07) is 5.38. The number of hydrogen-bond donors (Lipinski definition) is 1. The largest absolute Gasteiger partial charge is 0.456 e. The van der Waals surface area contributed by atoms with E-state index in [1.54, 1.807) is 6.07 Å². The Bertz CT molecular complexity index is 993. The molecule has 3 heterocycles. The van der Waals surface area contributed by atoms with E-state index < -0.39 is 11.0 Å². The van der Waals surface area contributed by atoms with Crippen molar-refractivity contribution in [1.29, 1.82) is 0 Å². The molecular formula is C21H25N3O4S. The number of hydrogen-bond acceptors (Lipinski definition) is 7. The molecule has 1 atom stereocenters. The zero-order chi connectivity index (χ0) is 20.8. The van der Waals surface area contributed by atoms with E-state index in [0.717, 1.165) is 34.7 Å². The van der Waals surface area contributed by atoms with E-state index in [4.69, 9.17) is 9.72 Å². The number of aromatic nitrogens is 1. The highest BCUT2D eigenvalue weighted by molar-refractivity contribution is 7.22. The lowest BCUT2D eigenvalue weighted by Gasteiger charge is -2.25. The maximum atomic E-state index is 12.6. The number of carbonyl (C=O) groups excluding carboxylic acids is 3. The van der Waals surface area contributed by atoms with Crippen molar-refractivity contribution in [2.75, 3.05) is 18.0 Å². The number of carbonyl (C=O) groups is 3. The van der Waals surface area contributed by atoms with Crippen molar-refractivity contribution < 1.29 is 19.1 Å². The molecule has 0 bridgehead atoms. The van der Waals surface area contributed by atoms with E-state index in [9.17, 15) is 14.4 Å². The van der Waals surface area contributed by atoms with Crippen LogP contribution in [0.4, 0.5) is 5.13 Å². The van der Waals surface area contributed by atoms with Gasteiger partial charge in [-0.15, -0.1) is 0 Å². The minimum absolute atomic E-state index is 0.157. The SMILES string of the molecule is CC(C)(C)OC(=O)c1ccc2nc(N3CCC4(CCCC(=O)NC4=O)C3)sc2c1. The molecule has 4 rings (SSSR count). The van der Waals surface area contributed by atoms with E-state index in [-0.39, 0.29) is 17.8 Å². The Labute approximate surface area is 173 Å². The van der Waals surface area contributed by atoms with Crippen molar-refractivity contribution >= 4 is 44.5 Å². The third-order valence-electron chi connectivity index (χ3n) is 5.43. The van der Waals surface area contributed by atoms with Gasteiger partial charge in [0.1, 0.15) is 5.60 Å². The fourth-order valence-corrected chi connectivity index (χ4v) is 4.99. The van der Waals surface area contributed by atoms with Gasteiger partial charge in [0.05, 0.1) is 21.2 Å². The summed E-state index contributed by atoms with van der Waals surface area (Å²) < 4.78 is 6.36. The summed E-state index contributed by atoms with van der Waals surface area (Å²) >= 11 is 1.51. The maximum Gasteiger partial charge on any atom is 0.338 e. The molecule has 29 heavy (non-hydrogen) atoms. The average molecular weight is 416 g/mol. The first kappa shape index (κ1) is 19.8. The molecule has 1 spiro atoms. The number of fused-ring (bicyclic) bond motifs is 1. The normalized spacial score (nSPS) is 22.8. The first-order valence-corrected chi connectivity index (χ1v) is 10.7. The Hall–Kier alpha value is -2.48. The highest BCUT2D eigenvalue weighted by Crippen LogP contribution is 2.41. The van der Waals surface area contributed by atoms with Crippen molar-refractivity contribution in [3.05, 3.63) is 23.8 Å². The molecule has 2 aliphatic rings. The van der Waals surface area contributed by atoms with Gasteiger partial charge in [0.25, 0.3) is 0 Å². The number of nitrogens with zero attached hydrogens (tertiary/aromatic N) is 2. The third-order valence-corrected chi connectivity index (χ3v) is 6.51. The maximum absolute atomic E-state index is 12.6. The zero-order valence-corrected chi connectivity index (χ0v) is 17.7. The summed E-state index contributed by atoms with van der Waals surface area (Å²) in [6.07, 6.45) is 2.56. The van der Waals surface area contributed by atoms with Crippen LogP contribution >= 0.6 is 11.3 Å². The molecule has 0 radical (unpaired) electrons. The van der Waals surface area contributed by atoms with Crippen LogP contribution in [-0.4, -0.2) is 41.5 Å². The van der Waals surface area contributed by atoms with Crippen molar-refractivity contribution in [3.63, 3.8) is 0 Å². The molecule has 2 saturated heterocycles. The number of rotatable bonds is 2. The van der Waals surface area contributed by atoms with Gasteiger partial charge in [-0.1, -0.05) is 11.3 Å². The van der Waals surface area contributed by atoms with E-state index in [2.05, 4.69) is 10.2 Å². The molecule has 1 aromatic heterocycles. The summed E-state index contributed by atoms with van der Waals surface area (Å²) in [7, 11) is 0. The molecule has 2 aliphatic heterocycles.